The maximum Gasteiger partial charge on any atom is 0.276 e. The summed E-state index contributed by atoms with van der Waals surface area (Å²) in [5, 5.41) is 18.9. The van der Waals surface area contributed by atoms with Gasteiger partial charge in [-0.3, -0.25) is 4.79 Å². The number of aliphatic hydroxyl groups is 1. The van der Waals surface area contributed by atoms with Crippen molar-refractivity contribution in [1.82, 2.24) is 9.88 Å². The molecule has 5 nitrogen and oxygen atoms in total. The number of rotatable bonds is 5. The molecule has 0 atom stereocenters. The molecule has 110 valence electrons. The van der Waals surface area contributed by atoms with E-state index in [-0.39, 0.29) is 24.6 Å². The average molecular weight is 286 g/mol. The van der Waals surface area contributed by atoms with Crippen LogP contribution >= 0.6 is 0 Å². The van der Waals surface area contributed by atoms with E-state index >= 15 is 0 Å². The third kappa shape index (κ3) is 3.79. The van der Waals surface area contributed by atoms with E-state index in [4.69, 9.17) is 5.11 Å². The molecule has 2 rings (SSSR count). The number of hydrogen-bond acceptors (Lipinski definition) is 4. The van der Waals surface area contributed by atoms with Crippen LogP contribution in [0.2, 0.25) is 0 Å². The molecular weight excluding hydrogens is 268 g/mol. The molecule has 1 aromatic carbocycles. The van der Waals surface area contributed by atoms with Gasteiger partial charge in [0, 0.05) is 19.3 Å². The molecule has 2 N–H and O–H groups in total. The van der Waals surface area contributed by atoms with Gasteiger partial charge in [0.25, 0.3) is 5.91 Å². The smallest absolute Gasteiger partial charge is 0.276 e. The molecule has 1 heterocycles. The van der Waals surface area contributed by atoms with Crippen LogP contribution in [0.3, 0.4) is 0 Å². The van der Waals surface area contributed by atoms with Gasteiger partial charge in [-0.2, -0.15) is 0 Å². The minimum atomic E-state index is -0.400. The zero-order chi connectivity index (χ0) is 15.2. The summed E-state index contributed by atoms with van der Waals surface area (Å²) in [6.07, 6.45) is 1.45. The van der Waals surface area contributed by atoms with Gasteiger partial charge in [0.05, 0.1) is 6.61 Å². The van der Waals surface area contributed by atoms with Gasteiger partial charge in [-0.25, -0.2) is 4.98 Å². The number of aromatic hydroxyl groups is 1. The van der Waals surface area contributed by atoms with Gasteiger partial charge >= 0.3 is 0 Å². The van der Waals surface area contributed by atoms with E-state index in [1.807, 2.05) is 31.2 Å². The number of benzene rings is 1. The maximum absolute atomic E-state index is 12.4. The van der Waals surface area contributed by atoms with E-state index in [0.717, 1.165) is 11.1 Å². The number of carbonyl (C=O) groups excluding carboxylic acids is 1. The fourth-order valence-electron chi connectivity index (χ4n) is 2.00. The Bertz CT molecular complexity index is 611. The van der Waals surface area contributed by atoms with E-state index in [9.17, 15) is 9.90 Å². The molecule has 1 amide bonds. The summed E-state index contributed by atoms with van der Waals surface area (Å²) in [6, 6.07) is 10.8. The van der Waals surface area contributed by atoms with Crippen LogP contribution in [0.1, 0.15) is 21.6 Å². The standard InChI is InChI=1S/C16H18N2O3/c1-12-4-6-13(7-5-12)11-18(9-10-19)16(21)15-14(20)3-2-8-17-15/h2-8,19-20H,9-11H2,1H3. The van der Waals surface area contributed by atoms with Crippen LogP contribution in [0.15, 0.2) is 42.6 Å². The Hall–Kier alpha value is -2.40. The summed E-state index contributed by atoms with van der Waals surface area (Å²) in [6.45, 7) is 2.38. The Morgan fingerprint density at radius 1 is 1.24 bits per heavy atom. The number of nitrogens with zero attached hydrogens (tertiary/aromatic N) is 2. The van der Waals surface area contributed by atoms with E-state index in [2.05, 4.69) is 4.98 Å². The molecule has 0 unspecified atom stereocenters. The molecular formula is C16H18N2O3. The highest BCUT2D eigenvalue weighted by Gasteiger charge is 2.20. The Balaban J connectivity index is 2.20. The molecule has 21 heavy (non-hydrogen) atoms. The summed E-state index contributed by atoms with van der Waals surface area (Å²) in [5.41, 5.74) is 2.09. The van der Waals surface area contributed by atoms with Crippen LogP contribution in [0, 0.1) is 6.92 Å². The van der Waals surface area contributed by atoms with Crippen molar-refractivity contribution in [2.45, 2.75) is 13.5 Å². The van der Waals surface area contributed by atoms with Crippen molar-refractivity contribution in [2.24, 2.45) is 0 Å². The first-order chi connectivity index (χ1) is 10.1. The first kappa shape index (κ1) is 15.0. The molecule has 0 saturated heterocycles. The number of aromatic nitrogens is 1. The van der Waals surface area contributed by atoms with Crippen LogP contribution in [0.5, 0.6) is 5.75 Å². The summed E-state index contributed by atoms with van der Waals surface area (Å²) in [5.74, 6) is -0.558. The number of aryl methyl sites for hydroxylation is 1. The lowest BCUT2D eigenvalue weighted by Crippen LogP contribution is -2.33. The second-order valence-electron chi connectivity index (χ2n) is 4.81. The molecule has 0 radical (unpaired) electrons. The van der Waals surface area contributed by atoms with Gasteiger partial charge < -0.3 is 15.1 Å². The normalized spacial score (nSPS) is 10.4. The lowest BCUT2D eigenvalue weighted by molar-refractivity contribution is 0.0698. The number of carbonyl (C=O) groups is 1. The van der Waals surface area contributed by atoms with Gasteiger partial charge in [0.2, 0.25) is 0 Å². The van der Waals surface area contributed by atoms with Crippen molar-refractivity contribution in [3.63, 3.8) is 0 Å². The molecule has 0 fully saturated rings. The first-order valence-electron chi connectivity index (χ1n) is 6.71. The predicted molar refractivity (Wildman–Crippen MR) is 78.9 cm³/mol. The first-order valence-corrected chi connectivity index (χ1v) is 6.71. The fourth-order valence-corrected chi connectivity index (χ4v) is 2.00. The molecule has 0 bridgehead atoms. The molecule has 0 aliphatic rings. The SMILES string of the molecule is Cc1ccc(CN(CCO)C(=O)c2ncccc2O)cc1. The summed E-state index contributed by atoms with van der Waals surface area (Å²) in [7, 11) is 0. The summed E-state index contributed by atoms with van der Waals surface area (Å²) in [4.78, 5) is 17.8. The minimum Gasteiger partial charge on any atom is -0.505 e. The predicted octanol–water partition coefficient (Wildman–Crippen LogP) is 1.73. The van der Waals surface area contributed by atoms with Crippen molar-refractivity contribution < 1.29 is 15.0 Å². The van der Waals surface area contributed by atoms with Gasteiger partial charge in [-0.1, -0.05) is 29.8 Å². The zero-order valence-electron chi connectivity index (χ0n) is 11.9. The van der Waals surface area contributed by atoms with Crippen LogP contribution < -0.4 is 0 Å². The third-order valence-electron chi connectivity index (χ3n) is 3.14. The Labute approximate surface area is 123 Å². The highest BCUT2D eigenvalue weighted by atomic mass is 16.3. The lowest BCUT2D eigenvalue weighted by atomic mass is 10.1. The zero-order valence-corrected chi connectivity index (χ0v) is 11.9. The van der Waals surface area contributed by atoms with E-state index in [1.54, 1.807) is 6.07 Å². The molecule has 0 saturated carbocycles. The molecule has 1 aromatic heterocycles. The van der Waals surface area contributed by atoms with Crippen molar-refractivity contribution in [1.29, 1.82) is 0 Å². The Morgan fingerprint density at radius 3 is 2.57 bits per heavy atom. The van der Waals surface area contributed by atoms with Crippen molar-refractivity contribution >= 4 is 5.91 Å². The van der Waals surface area contributed by atoms with Gasteiger partial charge in [-0.05, 0) is 24.6 Å². The molecule has 2 aromatic rings. The second-order valence-corrected chi connectivity index (χ2v) is 4.81. The lowest BCUT2D eigenvalue weighted by Gasteiger charge is -2.21. The molecule has 0 aliphatic heterocycles. The van der Waals surface area contributed by atoms with Gasteiger partial charge in [0.15, 0.2) is 5.69 Å². The second kappa shape index (κ2) is 6.85. The van der Waals surface area contributed by atoms with Crippen LogP contribution in [-0.2, 0) is 6.54 Å². The van der Waals surface area contributed by atoms with Crippen LogP contribution in [0.25, 0.3) is 0 Å². The number of pyridine rings is 1. The highest BCUT2D eigenvalue weighted by molar-refractivity contribution is 5.94. The monoisotopic (exact) mass is 286 g/mol. The summed E-state index contributed by atoms with van der Waals surface area (Å²) >= 11 is 0. The summed E-state index contributed by atoms with van der Waals surface area (Å²) < 4.78 is 0. The molecule has 0 aliphatic carbocycles. The third-order valence-corrected chi connectivity index (χ3v) is 3.14. The van der Waals surface area contributed by atoms with Gasteiger partial charge in [0.1, 0.15) is 5.75 Å². The van der Waals surface area contributed by atoms with Gasteiger partial charge in [-0.15, -0.1) is 0 Å². The number of aliphatic hydroxyl groups excluding tert-OH is 1. The van der Waals surface area contributed by atoms with E-state index in [0.29, 0.717) is 6.54 Å². The Morgan fingerprint density at radius 2 is 1.95 bits per heavy atom. The van der Waals surface area contributed by atoms with Crippen molar-refractivity contribution in [3.05, 3.63) is 59.4 Å². The van der Waals surface area contributed by atoms with Crippen molar-refractivity contribution in [2.75, 3.05) is 13.2 Å². The quantitative estimate of drug-likeness (QED) is 0.878. The van der Waals surface area contributed by atoms with Crippen molar-refractivity contribution in [3.8, 4) is 5.75 Å². The maximum atomic E-state index is 12.4. The minimum absolute atomic E-state index is 0.00179. The highest BCUT2D eigenvalue weighted by Crippen LogP contribution is 2.16. The number of amides is 1. The van der Waals surface area contributed by atoms with E-state index < -0.39 is 5.91 Å². The van der Waals surface area contributed by atoms with Crippen LogP contribution in [-0.4, -0.2) is 39.2 Å². The van der Waals surface area contributed by atoms with Crippen LogP contribution in [0.4, 0.5) is 0 Å². The topological polar surface area (TPSA) is 73.7 Å². The largest absolute Gasteiger partial charge is 0.505 e. The Kier molecular flexibility index (Phi) is 4.90. The molecule has 5 heteroatoms. The van der Waals surface area contributed by atoms with E-state index in [1.165, 1.54) is 17.2 Å². The fraction of sp³-hybridized carbons (Fsp3) is 0.250. The molecule has 0 spiro atoms. The average Bonchev–Trinajstić information content (AvgIpc) is 2.49. The number of hydrogen-bond donors (Lipinski definition) is 2.